The van der Waals surface area contributed by atoms with Gasteiger partial charge in [-0.15, -0.1) is 10.2 Å². The smallest absolute Gasteiger partial charge is 0.216 e. The van der Waals surface area contributed by atoms with E-state index in [1.165, 1.54) is 28.8 Å². The van der Waals surface area contributed by atoms with Crippen LogP contribution in [0, 0.1) is 11.3 Å². The Labute approximate surface area is 114 Å². The number of nitrogen functional groups attached to an aromatic ring is 1. The van der Waals surface area contributed by atoms with Crippen LogP contribution in [-0.2, 0) is 5.41 Å². The lowest BCUT2D eigenvalue weighted by Crippen LogP contribution is -2.24. The lowest BCUT2D eigenvalue weighted by atomic mass is 9.96. The van der Waals surface area contributed by atoms with Crippen molar-refractivity contribution in [3.8, 4) is 6.07 Å². The van der Waals surface area contributed by atoms with Gasteiger partial charge in [-0.2, -0.15) is 5.26 Å². The summed E-state index contributed by atoms with van der Waals surface area (Å²) in [4.78, 5) is 8.03. The third-order valence-corrected chi connectivity index (χ3v) is 3.15. The summed E-state index contributed by atoms with van der Waals surface area (Å²) in [6.07, 6.45) is 2.92. The molecule has 0 aliphatic heterocycles. The van der Waals surface area contributed by atoms with E-state index >= 15 is 0 Å². The maximum absolute atomic E-state index is 8.65. The minimum absolute atomic E-state index is 0.184. The Morgan fingerprint density at radius 3 is 2.47 bits per heavy atom. The molecular weight excluding hydrogens is 262 g/mol. The van der Waals surface area contributed by atoms with Crippen LogP contribution in [0.25, 0.3) is 0 Å². The van der Waals surface area contributed by atoms with Crippen LogP contribution < -0.4 is 5.84 Å². The van der Waals surface area contributed by atoms with Crippen LogP contribution in [0.1, 0.15) is 32.3 Å². The van der Waals surface area contributed by atoms with Gasteiger partial charge in [0.2, 0.25) is 5.16 Å². The molecule has 0 bridgehead atoms. The monoisotopic (exact) mass is 275 g/mol. The molecule has 0 saturated heterocycles. The molecule has 0 radical (unpaired) electrons. The number of rotatable bonds is 2. The van der Waals surface area contributed by atoms with Crippen molar-refractivity contribution in [2.24, 2.45) is 0 Å². The Morgan fingerprint density at radius 2 is 2.00 bits per heavy atom. The molecule has 0 fully saturated rings. The van der Waals surface area contributed by atoms with Crippen molar-refractivity contribution in [3.63, 3.8) is 0 Å². The number of nitrogens with zero attached hydrogens (tertiary/aromatic N) is 6. The third kappa shape index (κ3) is 2.82. The van der Waals surface area contributed by atoms with Gasteiger partial charge in [0.25, 0.3) is 0 Å². The average Bonchev–Trinajstić information content (AvgIpc) is 2.72. The molecule has 7 nitrogen and oxygen atoms in total. The Kier molecular flexibility index (Phi) is 3.40. The fourth-order valence-corrected chi connectivity index (χ4v) is 2.04. The molecular formula is C11H13N7S. The molecule has 0 aliphatic rings. The van der Waals surface area contributed by atoms with Crippen LogP contribution in [0.3, 0.4) is 0 Å². The van der Waals surface area contributed by atoms with E-state index in [-0.39, 0.29) is 11.1 Å². The normalized spacial score (nSPS) is 11.3. The number of nitrogens with two attached hydrogens (primary N) is 1. The Morgan fingerprint density at radius 1 is 1.26 bits per heavy atom. The fraction of sp³-hybridized carbons (Fsp3) is 0.364. The fourth-order valence-electron chi connectivity index (χ4n) is 1.38. The van der Waals surface area contributed by atoms with Crippen LogP contribution in [0.4, 0.5) is 0 Å². The summed E-state index contributed by atoms with van der Waals surface area (Å²) < 4.78 is 1.45. The maximum Gasteiger partial charge on any atom is 0.216 e. The van der Waals surface area contributed by atoms with Gasteiger partial charge in [-0.3, -0.25) is 0 Å². The second-order valence-electron chi connectivity index (χ2n) is 4.88. The van der Waals surface area contributed by atoms with Crippen molar-refractivity contribution < 1.29 is 0 Å². The van der Waals surface area contributed by atoms with Gasteiger partial charge < -0.3 is 5.84 Å². The maximum atomic E-state index is 8.65. The van der Waals surface area contributed by atoms with Gasteiger partial charge in [0.1, 0.15) is 11.1 Å². The summed E-state index contributed by atoms with van der Waals surface area (Å²) >= 11 is 1.25. The highest BCUT2D eigenvalue weighted by molar-refractivity contribution is 7.99. The van der Waals surface area contributed by atoms with Gasteiger partial charge in [0, 0.05) is 5.41 Å². The predicted octanol–water partition coefficient (Wildman–Crippen LogP) is 1.10. The number of aromatic nitrogens is 5. The van der Waals surface area contributed by atoms with Crippen molar-refractivity contribution in [2.75, 3.05) is 5.84 Å². The van der Waals surface area contributed by atoms with E-state index in [2.05, 4.69) is 20.2 Å². The largest absolute Gasteiger partial charge is 0.336 e. The van der Waals surface area contributed by atoms with Gasteiger partial charge in [0.05, 0.1) is 12.4 Å². The molecule has 8 heteroatoms. The summed E-state index contributed by atoms with van der Waals surface area (Å²) in [7, 11) is 0. The van der Waals surface area contributed by atoms with Gasteiger partial charge in [-0.05, 0) is 11.8 Å². The molecule has 19 heavy (non-hydrogen) atoms. The van der Waals surface area contributed by atoms with E-state index in [0.717, 1.165) is 0 Å². The van der Waals surface area contributed by atoms with Crippen molar-refractivity contribution in [3.05, 3.63) is 23.9 Å². The molecule has 2 rings (SSSR count). The number of hydrogen-bond donors (Lipinski definition) is 1. The number of nitriles is 1. The van der Waals surface area contributed by atoms with E-state index in [1.807, 2.05) is 26.8 Å². The van der Waals surface area contributed by atoms with E-state index in [1.54, 1.807) is 0 Å². The molecule has 0 amide bonds. The van der Waals surface area contributed by atoms with E-state index in [0.29, 0.717) is 16.0 Å². The van der Waals surface area contributed by atoms with Crippen molar-refractivity contribution in [1.82, 2.24) is 24.8 Å². The molecule has 0 atom stereocenters. The summed E-state index contributed by atoms with van der Waals surface area (Å²) in [5, 5.41) is 17.9. The van der Waals surface area contributed by atoms with Crippen molar-refractivity contribution >= 4 is 11.8 Å². The van der Waals surface area contributed by atoms with Crippen LogP contribution in [0.2, 0.25) is 0 Å². The number of hydrogen-bond acceptors (Lipinski definition) is 7. The SMILES string of the molecule is CC(C)(C)c1nnc(Sc2cnc(C#N)cn2)n1N. The van der Waals surface area contributed by atoms with Gasteiger partial charge in [-0.25, -0.2) is 14.6 Å². The molecule has 0 aromatic carbocycles. The topological polar surface area (TPSA) is 106 Å². The highest BCUT2D eigenvalue weighted by atomic mass is 32.2. The summed E-state index contributed by atoms with van der Waals surface area (Å²) in [6.45, 7) is 6.03. The summed E-state index contributed by atoms with van der Waals surface area (Å²) in [6, 6.07) is 1.91. The highest BCUT2D eigenvalue weighted by Crippen LogP contribution is 2.26. The molecule has 2 aromatic rings. The first-order valence-corrected chi connectivity index (χ1v) is 6.34. The zero-order chi connectivity index (χ0) is 14.0. The third-order valence-electron chi connectivity index (χ3n) is 2.27. The molecule has 0 unspecified atom stereocenters. The highest BCUT2D eigenvalue weighted by Gasteiger charge is 2.23. The molecule has 0 aliphatic carbocycles. The van der Waals surface area contributed by atoms with Crippen LogP contribution in [0.15, 0.2) is 22.6 Å². The van der Waals surface area contributed by atoms with Gasteiger partial charge >= 0.3 is 0 Å². The second-order valence-corrected chi connectivity index (χ2v) is 5.87. The lowest BCUT2D eigenvalue weighted by molar-refractivity contribution is 0.523. The van der Waals surface area contributed by atoms with Crippen LogP contribution >= 0.6 is 11.8 Å². The molecule has 2 heterocycles. The molecule has 0 spiro atoms. The minimum Gasteiger partial charge on any atom is -0.336 e. The second kappa shape index (κ2) is 4.85. The van der Waals surface area contributed by atoms with Crippen LogP contribution in [-0.4, -0.2) is 24.8 Å². The zero-order valence-corrected chi connectivity index (χ0v) is 11.6. The molecule has 2 N–H and O–H groups in total. The average molecular weight is 275 g/mol. The first-order valence-electron chi connectivity index (χ1n) is 5.53. The Bertz CT molecular complexity index is 618. The van der Waals surface area contributed by atoms with E-state index in [9.17, 15) is 0 Å². The van der Waals surface area contributed by atoms with Gasteiger partial charge in [-0.1, -0.05) is 20.8 Å². The Balaban J connectivity index is 2.24. The summed E-state index contributed by atoms with van der Waals surface area (Å²) in [5.74, 6) is 6.65. The minimum atomic E-state index is -0.184. The molecule has 98 valence electrons. The Hall–Kier alpha value is -2.14. The first kappa shape index (κ1) is 13.3. The van der Waals surface area contributed by atoms with Crippen molar-refractivity contribution in [1.29, 1.82) is 5.26 Å². The van der Waals surface area contributed by atoms with Crippen molar-refractivity contribution in [2.45, 2.75) is 36.4 Å². The molecule has 0 saturated carbocycles. The standard InChI is InChI=1S/C11H13N7S/c1-11(2,3)9-16-17-10(18(9)13)19-8-6-14-7(4-12)5-15-8/h5-6H,13H2,1-3H3. The molecule has 2 aromatic heterocycles. The van der Waals surface area contributed by atoms with E-state index in [4.69, 9.17) is 11.1 Å². The summed E-state index contributed by atoms with van der Waals surface area (Å²) in [5.41, 5.74) is 0.0885. The first-order chi connectivity index (χ1) is 8.91. The van der Waals surface area contributed by atoms with Gasteiger partial charge in [0.15, 0.2) is 11.5 Å². The predicted molar refractivity (Wildman–Crippen MR) is 69.7 cm³/mol. The van der Waals surface area contributed by atoms with Crippen LogP contribution in [0.5, 0.6) is 0 Å². The lowest BCUT2D eigenvalue weighted by Gasteiger charge is -2.16. The van der Waals surface area contributed by atoms with E-state index < -0.39 is 0 Å². The quantitative estimate of drug-likeness (QED) is 0.818. The zero-order valence-electron chi connectivity index (χ0n) is 10.8.